The molecule has 1 amide bonds. The molecule has 3 heterocycles. The van der Waals surface area contributed by atoms with Crippen LogP contribution in [0.1, 0.15) is 40.6 Å². The van der Waals surface area contributed by atoms with Gasteiger partial charge in [0.05, 0.1) is 18.4 Å². The van der Waals surface area contributed by atoms with Crippen LogP contribution in [-0.4, -0.2) is 66.2 Å². The molecule has 2 N–H and O–H groups in total. The molecular weight excluding hydrogens is 354 g/mol. The monoisotopic (exact) mass is 381 g/mol. The Hall–Kier alpha value is -2.15. The van der Waals surface area contributed by atoms with Crippen molar-refractivity contribution >= 4 is 5.91 Å². The highest BCUT2D eigenvalue weighted by molar-refractivity contribution is 5.91. The Morgan fingerprint density at radius 3 is 2.54 bits per heavy atom. The first kappa shape index (κ1) is 17.9. The number of aliphatic hydroxyl groups is 1. The van der Waals surface area contributed by atoms with Gasteiger partial charge in [-0.3, -0.25) is 9.69 Å². The van der Waals surface area contributed by atoms with Crippen molar-refractivity contribution in [1.82, 2.24) is 15.1 Å². The van der Waals surface area contributed by atoms with Crippen LogP contribution in [0.3, 0.4) is 0 Å². The largest absolute Gasteiger partial charge is 0.459 e. The van der Waals surface area contributed by atoms with Crippen molar-refractivity contribution in [1.29, 1.82) is 0 Å². The van der Waals surface area contributed by atoms with Gasteiger partial charge in [-0.2, -0.15) is 0 Å². The lowest BCUT2D eigenvalue weighted by Gasteiger charge is -2.43. The standard InChI is InChI=1S/C22H27N3O3/c26-20-19(16-4-1-2-5-17(16)22(20)7-9-23-10-8-22)24-11-13-25(14-12-24)21(27)18-6-3-15-28-18/h1-6,15,19-20,23,26H,7-14H2/t19-,20+/m1/s1. The van der Waals surface area contributed by atoms with E-state index in [9.17, 15) is 9.90 Å². The molecule has 6 heteroatoms. The third kappa shape index (κ3) is 2.70. The van der Waals surface area contributed by atoms with E-state index >= 15 is 0 Å². The van der Waals surface area contributed by atoms with Gasteiger partial charge < -0.3 is 19.7 Å². The summed E-state index contributed by atoms with van der Waals surface area (Å²) in [4.78, 5) is 16.8. The second-order valence-corrected chi connectivity index (χ2v) is 8.19. The van der Waals surface area contributed by atoms with Crippen molar-refractivity contribution < 1.29 is 14.3 Å². The fraction of sp³-hybridized carbons (Fsp3) is 0.500. The molecule has 1 spiro atoms. The number of fused-ring (bicyclic) bond motifs is 2. The van der Waals surface area contributed by atoms with Gasteiger partial charge in [0, 0.05) is 31.6 Å². The van der Waals surface area contributed by atoms with E-state index in [1.165, 1.54) is 17.4 Å². The lowest BCUT2D eigenvalue weighted by molar-refractivity contribution is -0.0163. The van der Waals surface area contributed by atoms with E-state index in [4.69, 9.17) is 4.42 Å². The summed E-state index contributed by atoms with van der Waals surface area (Å²) < 4.78 is 5.26. The maximum absolute atomic E-state index is 12.6. The maximum atomic E-state index is 12.6. The van der Waals surface area contributed by atoms with Gasteiger partial charge in [-0.15, -0.1) is 0 Å². The van der Waals surface area contributed by atoms with Crippen LogP contribution in [0, 0.1) is 0 Å². The molecule has 0 unspecified atom stereocenters. The normalized spacial score (nSPS) is 27.1. The molecule has 3 aliphatic rings. The minimum Gasteiger partial charge on any atom is -0.459 e. The molecule has 2 fully saturated rings. The molecule has 2 saturated heterocycles. The fourth-order valence-electron chi connectivity index (χ4n) is 5.43. The van der Waals surface area contributed by atoms with Gasteiger partial charge in [0.15, 0.2) is 5.76 Å². The van der Waals surface area contributed by atoms with E-state index < -0.39 is 6.10 Å². The summed E-state index contributed by atoms with van der Waals surface area (Å²) >= 11 is 0. The van der Waals surface area contributed by atoms with Gasteiger partial charge in [0.2, 0.25) is 0 Å². The Morgan fingerprint density at radius 2 is 1.82 bits per heavy atom. The first-order chi connectivity index (χ1) is 13.7. The van der Waals surface area contributed by atoms with E-state index in [1.54, 1.807) is 12.1 Å². The predicted molar refractivity (Wildman–Crippen MR) is 105 cm³/mol. The van der Waals surface area contributed by atoms with Gasteiger partial charge in [0.25, 0.3) is 5.91 Å². The lowest BCUT2D eigenvalue weighted by atomic mass is 9.72. The topological polar surface area (TPSA) is 69.0 Å². The van der Waals surface area contributed by atoms with Crippen LogP contribution in [0.5, 0.6) is 0 Å². The van der Waals surface area contributed by atoms with Crippen molar-refractivity contribution in [2.24, 2.45) is 0 Å². The number of hydrogen-bond donors (Lipinski definition) is 2. The third-order valence-corrected chi connectivity index (χ3v) is 6.90. The fourth-order valence-corrected chi connectivity index (χ4v) is 5.43. The summed E-state index contributed by atoms with van der Waals surface area (Å²) in [7, 11) is 0. The minimum atomic E-state index is -0.403. The average molecular weight is 381 g/mol. The van der Waals surface area contributed by atoms with Crippen LogP contribution in [0.2, 0.25) is 0 Å². The summed E-state index contributed by atoms with van der Waals surface area (Å²) in [6.07, 6.45) is 3.07. The van der Waals surface area contributed by atoms with Crippen LogP contribution in [-0.2, 0) is 5.41 Å². The molecule has 0 radical (unpaired) electrons. The van der Waals surface area contributed by atoms with Gasteiger partial charge in [-0.25, -0.2) is 0 Å². The zero-order valence-corrected chi connectivity index (χ0v) is 16.0. The Morgan fingerprint density at radius 1 is 1.07 bits per heavy atom. The Bertz CT molecular complexity index is 836. The first-order valence-corrected chi connectivity index (χ1v) is 10.3. The van der Waals surface area contributed by atoms with Crippen molar-refractivity contribution in [3.63, 3.8) is 0 Å². The highest BCUT2D eigenvalue weighted by Gasteiger charge is 2.53. The molecule has 28 heavy (non-hydrogen) atoms. The van der Waals surface area contributed by atoms with E-state index in [-0.39, 0.29) is 17.4 Å². The third-order valence-electron chi connectivity index (χ3n) is 6.90. The molecule has 0 saturated carbocycles. The number of rotatable bonds is 2. The van der Waals surface area contributed by atoms with Crippen molar-refractivity contribution in [2.45, 2.75) is 30.4 Å². The smallest absolute Gasteiger partial charge is 0.289 e. The highest BCUT2D eigenvalue weighted by atomic mass is 16.3. The predicted octanol–water partition coefficient (Wildman–Crippen LogP) is 1.77. The number of nitrogens with one attached hydrogen (secondary N) is 1. The van der Waals surface area contributed by atoms with Crippen LogP contribution in [0.25, 0.3) is 0 Å². The Balaban J connectivity index is 1.36. The number of aliphatic hydroxyl groups excluding tert-OH is 1. The van der Waals surface area contributed by atoms with Crippen molar-refractivity contribution in [2.75, 3.05) is 39.3 Å². The molecule has 6 nitrogen and oxygen atoms in total. The quantitative estimate of drug-likeness (QED) is 0.830. The van der Waals surface area contributed by atoms with E-state index in [0.29, 0.717) is 18.8 Å². The molecular formula is C22H27N3O3. The second-order valence-electron chi connectivity index (χ2n) is 8.19. The number of carbonyl (C=O) groups excluding carboxylic acids is 1. The minimum absolute atomic E-state index is 0.00941. The summed E-state index contributed by atoms with van der Waals surface area (Å²) in [5, 5.41) is 14.9. The van der Waals surface area contributed by atoms with Gasteiger partial charge >= 0.3 is 0 Å². The van der Waals surface area contributed by atoms with E-state index in [2.05, 4.69) is 34.5 Å². The van der Waals surface area contributed by atoms with Crippen LogP contribution in [0.4, 0.5) is 0 Å². The van der Waals surface area contributed by atoms with Crippen LogP contribution < -0.4 is 5.32 Å². The van der Waals surface area contributed by atoms with E-state index in [0.717, 1.165) is 39.0 Å². The molecule has 1 aromatic heterocycles. The number of piperazine rings is 1. The molecule has 5 rings (SSSR count). The molecule has 1 aliphatic carbocycles. The number of furan rings is 1. The number of carbonyl (C=O) groups is 1. The summed E-state index contributed by atoms with van der Waals surface area (Å²) in [6.45, 7) is 4.72. The maximum Gasteiger partial charge on any atom is 0.289 e. The van der Waals surface area contributed by atoms with Gasteiger partial charge in [-0.1, -0.05) is 24.3 Å². The average Bonchev–Trinajstić information content (AvgIpc) is 3.36. The number of piperidine rings is 1. The lowest BCUT2D eigenvalue weighted by Crippen LogP contribution is -2.53. The number of nitrogens with zero attached hydrogens (tertiary/aromatic N) is 2. The Kier molecular flexibility index (Phi) is 4.50. The number of benzene rings is 1. The SMILES string of the molecule is O=C(c1ccco1)N1CCN([C@@H]2c3ccccc3C3(CCNCC3)[C@H]2O)CC1. The second kappa shape index (κ2) is 7.03. The molecule has 2 aliphatic heterocycles. The molecule has 2 aromatic rings. The van der Waals surface area contributed by atoms with Crippen LogP contribution in [0.15, 0.2) is 47.1 Å². The highest BCUT2D eigenvalue weighted by Crippen LogP contribution is 2.52. The number of amides is 1. The first-order valence-electron chi connectivity index (χ1n) is 10.3. The number of hydrogen-bond acceptors (Lipinski definition) is 5. The summed E-state index contributed by atoms with van der Waals surface area (Å²) in [5.74, 6) is 0.347. The molecule has 0 bridgehead atoms. The molecule has 1 aromatic carbocycles. The summed E-state index contributed by atoms with van der Waals surface area (Å²) in [6, 6.07) is 12.0. The summed E-state index contributed by atoms with van der Waals surface area (Å²) in [5.41, 5.74) is 2.44. The van der Waals surface area contributed by atoms with E-state index in [1.807, 2.05) is 4.90 Å². The van der Waals surface area contributed by atoms with Gasteiger partial charge in [0.1, 0.15) is 0 Å². The molecule has 148 valence electrons. The van der Waals surface area contributed by atoms with Gasteiger partial charge in [-0.05, 0) is 49.2 Å². The van der Waals surface area contributed by atoms with Crippen molar-refractivity contribution in [3.05, 3.63) is 59.5 Å². The van der Waals surface area contributed by atoms with Crippen molar-refractivity contribution in [3.8, 4) is 0 Å². The Labute approximate surface area is 165 Å². The zero-order valence-electron chi connectivity index (χ0n) is 16.0. The van der Waals surface area contributed by atoms with Crippen LogP contribution >= 0.6 is 0 Å². The molecule has 2 atom stereocenters. The zero-order chi connectivity index (χ0) is 19.1.